The van der Waals surface area contributed by atoms with Gasteiger partial charge < -0.3 is 15.8 Å². The number of anilines is 1. The highest BCUT2D eigenvalue weighted by Crippen LogP contribution is 2.23. The summed E-state index contributed by atoms with van der Waals surface area (Å²) in [6.45, 7) is 0.593. The number of amidine groups is 1. The van der Waals surface area contributed by atoms with Crippen LogP contribution in [0, 0.1) is 5.82 Å². The molecule has 4 nitrogen and oxygen atoms in total. The molecule has 0 spiro atoms. The van der Waals surface area contributed by atoms with E-state index in [4.69, 9.17) is 10.9 Å². The van der Waals surface area contributed by atoms with Crippen LogP contribution in [-0.4, -0.2) is 18.1 Å². The number of nitrogens with two attached hydrogens (primary N) is 1. The highest BCUT2D eigenvalue weighted by atomic mass is 19.1. The normalized spacial score (nSPS) is 11.4. The number of nitrogens with zero attached hydrogens (tertiary/aromatic N) is 2. The van der Waals surface area contributed by atoms with Crippen molar-refractivity contribution in [2.24, 2.45) is 10.9 Å². The van der Waals surface area contributed by atoms with Gasteiger partial charge in [0, 0.05) is 13.6 Å². The summed E-state index contributed by atoms with van der Waals surface area (Å²) in [6, 6.07) is 14.4. The molecule has 2 aromatic rings. The number of hydrogen-bond acceptors (Lipinski definition) is 3. The van der Waals surface area contributed by atoms with Gasteiger partial charge in [0.2, 0.25) is 0 Å². The SMILES string of the molecule is CN(Cc1ccccc1)c1cccc(F)c1C(N)=NO. The zero-order valence-electron chi connectivity index (χ0n) is 11.1. The Morgan fingerprint density at radius 2 is 1.90 bits per heavy atom. The summed E-state index contributed by atoms with van der Waals surface area (Å²) in [5.41, 5.74) is 7.33. The molecule has 0 radical (unpaired) electrons. The molecule has 0 saturated carbocycles. The molecule has 104 valence electrons. The summed E-state index contributed by atoms with van der Waals surface area (Å²) < 4.78 is 13.9. The molecular weight excluding hydrogens is 257 g/mol. The van der Waals surface area contributed by atoms with Gasteiger partial charge in [-0.2, -0.15) is 0 Å². The molecule has 0 saturated heterocycles. The molecule has 3 N–H and O–H groups in total. The van der Waals surface area contributed by atoms with Crippen LogP contribution in [-0.2, 0) is 6.54 Å². The molecule has 0 aliphatic rings. The van der Waals surface area contributed by atoms with Crippen molar-refractivity contribution in [3.63, 3.8) is 0 Å². The molecule has 0 unspecified atom stereocenters. The maximum atomic E-state index is 13.9. The van der Waals surface area contributed by atoms with E-state index in [-0.39, 0.29) is 11.4 Å². The first-order valence-electron chi connectivity index (χ1n) is 6.15. The van der Waals surface area contributed by atoms with Gasteiger partial charge >= 0.3 is 0 Å². The summed E-state index contributed by atoms with van der Waals surface area (Å²) in [5, 5.41) is 11.7. The lowest BCUT2D eigenvalue weighted by Gasteiger charge is -2.22. The first kappa shape index (κ1) is 13.9. The van der Waals surface area contributed by atoms with Crippen molar-refractivity contribution in [2.75, 3.05) is 11.9 Å². The van der Waals surface area contributed by atoms with Crippen molar-refractivity contribution < 1.29 is 9.60 Å². The fourth-order valence-electron chi connectivity index (χ4n) is 2.08. The second kappa shape index (κ2) is 6.06. The first-order valence-corrected chi connectivity index (χ1v) is 6.15. The van der Waals surface area contributed by atoms with Crippen LogP contribution in [0.15, 0.2) is 53.7 Å². The standard InChI is InChI=1S/C15H16FN3O/c1-19(10-11-6-3-2-4-7-11)13-9-5-8-12(16)14(13)15(17)18-20/h2-9,20H,10H2,1H3,(H2,17,18). The van der Waals surface area contributed by atoms with Crippen LogP contribution in [0.4, 0.5) is 10.1 Å². The van der Waals surface area contributed by atoms with E-state index in [1.54, 1.807) is 12.1 Å². The van der Waals surface area contributed by atoms with Gasteiger partial charge in [-0.05, 0) is 17.7 Å². The molecule has 2 aromatic carbocycles. The average molecular weight is 273 g/mol. The Kier molecular flexibility index (Phi) is 4.20. The molecule has 0 fully saturated rings. The van der Waals surface area contributed by atoms with Crippen LogP contribution >= 0.6 is 0 Å². The molecule has 2 rings (SSSR count). The second-order valence-corrected chi connectivity index (χ2v) is 4.46. The Morgan fingerprint density at radius 3 is 2.55 bits per heavy atom. The van der Waals surface area contributed by atoms with Crippen LogP contribution in [0.1, 0.15) is 11.1 Å². The van der Waals surface area contributed by atoms with E-state index in [0.717, 1.165) is 5.56 Å². The summed E-state index contributed by atoms with van der Waals surface area (Å²) in [4.78, 5) is 1.85. The Bertz CT molecular complexity index is 614. The Labute approximate surface area is 116 Å². The minimum absolute atomic E-state index is 0.105. The van der Waals surface area contributed by atoms with Crippen LogP contribution in [0.25, 0.3) is 0 Å². The summed E-state index contributed by atoms with van der Waals surface area (Å²) >= 11 is 0. The molecule has 0 aromatic heterocycles. The zero-order chi connectivity index (χ0) is 14.5. The molecular formula is C15H16FN3O. The summed E-state index contributed by atoms with van der Waals surface area (Å²) in [7, 11) is 1.83. The third-order valence-electron chi connectivity index (χ3n) is 3.03. The van der Waals surface area contributed by atoms with Crippen LogP contribution in [0.2, 0.25) is 0 Å². The number of halogens is 1. The highest BCUT2D eigenvalue weighted by Gasteiger charge is 2.16. The fourth-order valence-corrected chi connectivity index (χ4v) is 2.08. The lowest BCUT2D eigenvalue weighted by molar-refractivity contribution is 0.318. The van der Waals surface area contributed by atoms with Crippen LogP contribution in [0.5, 0.6) is 0 Å². The Balaban J connectivity index is 2.35. The smallest absolute Gasteiger partial charge is 0.175 e. The number of rotatable bonds is 4. The topological polar surface area (TPSA) is 61.8 Å². The highest BCUT2D eigenvalue weighted by molar-refractivity contribution is 6.02. The minimum Gasteiger partial charge on any atom is -0.409 e. The third-order valence-corrected chi connectivity index (χ3v) is 3.03. The number of hydrogen-bond donors (Lipinski definition) is 2. The maximum Gasteiger partial charge on any atom is 0.175 e. The molecule has 0 bridgehead atoms. The van der Waals surface area contributed by atoms with Gasteiger partial charge in [0.1, 0.15) is 5.82 Å². The number of benzene rings is 2. The molecule has 5 heteroatoms. The molecule has 20 heavy (non-hydrogen) atoms. The molecule has 0 amide bonds. The van der Waals surface area contributed by atoms with Crippen LogP contribution < -0.4 is 10.6 Å². The minimum atomic E-state index is -0.516. The first-order chi connectivity index (χ1) is 9.63. The van der Waals surface area contributed by atoms with Crippen molar-refractivity contribution in [2.45, 2.75) is 6.54 Å². The lowest BCUT2D eigenvalue weighted by atomic mass is 10.1. The lowest BCUT2D eigenvalue weighted by Crippen LogP contribution is -2.23. The molecule has 0 aliphatic heterocycles. The van der Waals surface area contributed by atoms with Crippen LogP contribution in [0.3, 0.4) is 0 Å². The van der Waals surface area contributed by atoms with Gasteiger partial charge in [-0.15, -0.1) is 0 Å². The van der Waals surface area contributed by atoms with E-state index >= 15 is 0 Å². The van der Waals surface area contributed by atoms with E-state index in [2.05, 4.69) is 5.16 Å². The van der Waals surface area contributed by atoms with Gasteiger partial charge in [-0.3, -0.25) is 0 Å². The Hall–Kier alpha value is -2.56. The van der Waals surface area contributed by atoms with Crippen molar-refractivity contribution in [3.05, 3.63) is 65.5 Å². The predicted octanol–water partition coefficient (Wildman–Crippen LogP) is 2.56. The number of oxime groups is 1. The van der Waals surface area contributed by atoms with E-state index in [9.17, 15) is 4.39 Å². The van der Waals surface area contributed by atoms with Crippen molar-refractivity contribution >= 4 is 11.5 Å². The summed E-state index contributed by atoms with van der Waals surface area (Å²) in [5.74, 6) is -0.754. The van der Waals surface area contributed by atoms with Crippen molar-refractivity contribution in [1.82, 2.24) is 0 Å². The quantitative estimate of drug-likeness (QED) is 0.389. The van der Waals surface area contributed by atoms with Gasteiger partial charge in [-0.25, -0.2) is 4.39 Å². The van der Waals surface area contributed by atoms with E-state index in [0.29, 0.717) is 12.2 Å². The third kappa shape index (κ3) is 2.88. The largest absolute Gasteiger partial charge is 0.409 e. The molecule has 0 aliphatic carbocycles. The van der Waals surface area contributed by atoms with Crippen molar-refractivity contribution in [3.8, 4) is 0 Å². The zero-order valence-corrected chi connectivity index (χ0v) is 11.1. The molecule has 0 atom stereocenters. The van der Waals surface area contributed by atoms with Gasteiger partial charge in [0.05, 0.1) is 11.3 Å². The van der Waals surface area contributed by atoms with E-state index in [1.165, 1.54) is 6.07 Å². The van der Waals surface area contributed by atoms with Gasteiger partial charge in [0.25, 0.3) is 0 Å². The molecule has 0 heterocycles. The maximum absolute atomic E-state index is 13.9. The van der Waals surface area contributed by atoms with Crippen molar-refractivity contribution in [1.29, 1.82) is 0 Å². The average Bonchev–Trinajstić information content (AvgIpc) is 2.47. The van der Waals surface area contributed by atoms with E-state index < -0.39 is 5.82 Å². The van der Waals surface area contributed by atoms with E-state index in [1.807, 2.05) is 42.3 Å². The van der Waals surface area contributed by atoms with Gasteiger partial charge in [0.15, 0.2) is 5.84 Å². The second-order valence-electron chi connectivity index (χ2n) is 4.46. The monoisotopic (exact) mass is 273 g/mol. The fraction of sp³-hybridized carbons (Fsp3) is 0.133. The van der Waals surface area contributed by atoms with Gasteiger partial charge in [-0.1, -0.05) is 41.6 Å². The predicted molar refractivity (Wildman–Crippen MR) is 77.5 cm³/mol. The summed E-state index contributed by atoms with van der Waals surface area (Å²) in [6.07, 6.45) is 0. The Morgan fingerprint density at radius 1 is 1.20 bits per heavy atom.